The molecule has 2 amide bonds. The molecule has 1 aliphatic rings. The van der Waals surface area contributed by atoms with E-state index in [0.29, 0.717) is 16.1 Å². The Bertz CT molecular complexity index is 761. The number of fused-ring (bicyclic) bond motifs is 1. The summed E-state index contributed by atoms with van der Waals surface area (Å²) in [5.74, 6) is -0.372. The lowest BCUT2D eigenvalue weighted by atomic mass is 10.0. The van der Waals surface area contributed by atoms with Crippen LogP contribution in [0.4, 0.5) is 0 Å². The van der Waals surface area contributed by atoms with Gasteiger partial charge in [0.05, 0.1) is 6.04 Å². The van der Waals surface area contributed by atoms with Crippen LogP contribution in [0.3, 0.4) is 0 Å². The van der Waals surface area contributed by atoms with Crippen molar-refractivity contribution in [3.63, 3.8) is 0 Å². The Morgan fingerprint density at radius 2 is 1.91 bits per heavy atom. The van der Waals surface area contributed by atoms with E-state index in [1.807, 2.05) is 37.3 Å². The van der Waals surface area contributed by atoms with E-state index in [1.54, 1.807) is 30.1 Å². The van der Waals surface area contributed by atoms with Crippen molar-refractivity contribution in [2.75, 3.05) is 7.05 Å². The second-order valence-corrected chi connectivity index (χ2v) is 5.98. The van der Waals surface area contributed by atoms with Crippen molar-refractivity contribution in [1.82, 2.24) is 10.2 Å². The minimum Gasteiger partial charge on any atom is -0.357 e. The molecule has 2 aromatic rings. The van der Waals surface area contributed by atoms with E-state index in [9.17, 15) is 9.59 Å². The standard InChI is InChI=1S/C18H17ClN2O2/c1-11(12-6-4-3-5-7-12)21-16(17(22)20-2)15-10-13(19)8-9-14(15)18(21)23/h3-11,16H,1-2H3,(H,20,22)/t11-,16?/m1/s1. The normalized spacial score (nSPS) is 17.8. The van der Waals surface area contributed by atoms with Gasteiger partial charge in [0.15, 0.2) is 0 Å². The topological polar surface area (TPSA) is 49.4 Å². The van der Waals surface area contributed by atoms with Crippen LogP contribution >= 0.6 is 11.6 Å². The molecule has 2 atom stereocenters. The van der Waals surface area contributed by atoms with E-state index < -0.39 is 6.04 Å². The summed E-state index contributed by atoms with van der Waals surface area (Å²) < 4.78 is 0. The van der Waals surface area contributed by atoms with Crippen molar-refractivity contribution in [1.29, 1.82) is 0 Å². The maximum Gasteiger partial charge on any atom is 0.255 e. The molecule has 23 heavy (non-hydrogen) atoms. The molecule has 0 saturated heterocycles. The van der Waals surface area contributed by atoms with Gasteiger partial charge in [0, 0.05) is 17.6 Å². The molecule has 1 aliphatic heterocycles. The van der Waals surface area contributed by atoms with Gasteiger partial charge in [-0.15, -0.1) is 0 Å². The molecule has 1 N–H and O–H groups in total. The highest BCUT2D eigenvalue weighted by Gasteiger charge is 2.43. The van der Waals surface area contributed by atoms with Gasteiger partial charge < -0.3 is 10.2 Å². The molecule has 0 radical (unpaired) electrons. The molecule has 0 saturated carbocycles. The second-order valence-electron chi connectivity index (χ2n) is 5.55. The van der Waals surface area contributed by atoms with E-state index >= 15 is 0 Å². The summed E-state index contributed by atoms with van der Waals surface area (Å²) in [5, 5.41) is 3.16. The lowest BCUT2D eigenvalue weighted by Gasteiger charge is -2.30. The third kappa shape index (κ3) is 2.59. The highest BCUT2D eigenvalue weighted by molar-refractivity contribution is 6.31. The predicted octanol–water partition coefficient (Wildman–Crippen LogP) is 3.34. The number of hydrogen-bond donors (Lipinski definition) is 1. The van der Waals surface area contributed by atoms with Crippen LogP contribution < -0.4 is 5.32 Å². The molecule has 5 heteroatoms. The minimum absolute atomic E-state index is 0.151. The summed E-state index contributed by atoms with van der Waals surface area (Å²) in [7, 11) is 1.57. The molecule has 0 aromatic heterocycles. The van der Waals surface area contributed by atoms with Crippen LogP contribution in [-0.2, 0) is 4.79 Å². The van der Waals surface area contributed by atoms with Crippen molar-refractivity contribution in [3.8, 4) is 0 Å². The first-order valence-electron chi connectivity index (χ1n) is 7.43. The van der Waals surface area contributed by atoms with Gasteiger partial charge in [-0.25, -0.2) is 0 Å². The molecule has 0 aliphatic carbocycles. The Labute approximate surface area is 140 Å². The number of amides is 2. The summed E-state index contributed by atoms with van der Waals surface area (Å²) >= 11 is 6.07. The van der Waals surface area contributed by atoms with Gasteiger partial charge in [0.1, 0.15) is 6.04 Å². The molecule has 4 nitrogen and oxygen atoms in total. The first kappa shape index (κ1) is 15.6. The number of likely N-dealkylation sites (N-methyl/N-ethyl adjacent to an activating group) is 1. The zero-order valence-electron chi connectivity index (χ0n) is 12.9. The highest BCUT2D eigenvalue weighted by atomic mass is 35.5. The lowest BCUT2D eigenvalue weighted by molar-refractivity contribution is -0.125. The summed E-state index contributed by atoms with van der Waals surface area (Å²) in [4.78, 5) is 26.9. The number of halogens is 1. The van der Waals surface area contributed by atoms with Crippen LogP contribution in [0.15, 0.2) is 48.5 Å². The molecular weight excluding hydrogens is 312 g/mol. The fraction of sp³-hybridized carbons (Fsp3) is 0.222. The van der Waals surface area contributed by atoms with Crippen LogP contribution in [0.1, 0.15) is 40.5 Å². The molecule has 0 spiro atoms. The quantitative estimate of drug-likeness (QED) is 0.939. The van der Waals surface area contributed by atoms with Crippen LogP contribution in [0.5, 0.6) is 0 Å². The maximum atomic E-state index is 12.9. The fourth-order valence-corrected chi connectivity index (χ4v) is 3.24. The summed E-state index contributed by atoms with van der Waals surface area (Å²) in [6.07, 6.45) is 0. The number of carbonyl (C=O) groups is 2. The largest absolute Gasteiger partial charge is 0.357 e. The third-order valence-corrected chi connectivity index (χ3v) is 4.48. The summed E-state index contributed by atoms with van der Waals surface area (Å²) in [6, 6.07) is 13.8. The van der Waals surface area contributed by atoms with Crippen molar-refractivity contribution < 1.29 is 9.59 Å². The van der Waals surface area contributed by atoms with Gasteiger partial charge in [-0.1, -0.05) is 41.9 Å². The molecule has 0 bridgehead atoms. The van der Waals surface area contributed by atoms with E-state index in [0.717, 1.165) is 5.56 Å². The number of hydrogen-bond acceptors (Lipinski definition) is 2. The third-order valence-electron chi connectivity index (χ3n) is 4.25. The van der Waals surface area contributed by atoms with Crippen LogP contribution in [0, 0.1) is 0 Å². The number of benzene rings is 2. The number of rotatable bonds is 3. The number of carbonyl (C=O) groups excluding carboxylic acids is 2. The van der Waals surface area contributed by atoms with Crippen molar-refractivity contribution in [2.24, 2.45) is 0 Å². The lowest BCUT2D eigenvalue weighted by Crippen LogP contribution is -2.39. The minimum atomic E-state index is -0.670. The van der Waals surface area contributed by atoms with Crippen molar-refractivity contribution >= 4 is 23.4 Å². The Kier molecular flexibility index (Phi) is 4.09. The van der Waals surface area contributed by atoms with Gasteiger partial charge in [-0.2, -0.15) is 0 Å². The molecule has 1 unspecified atom stereocenters. The predicted molar refractivity (Wildman–Crippen MR) is 89.3 cm³/mol. The van der Waals surface area contributed by atoms with Gasteiger partial charge in [0.2, 0.25) is 5.91 Å². The maximum absolute atomic E-state index is 12.9. The number of nitrogens with zero attached hydrogens (tertiary/aromatic N) is 1. The van der Waals surface area contributed by atoms with E-state index in [-0.39, 0.29) is 17.9 Å². The average molecular weight is 329 g/mol. The summed E-state index contributed by atoms with van der Waals surface area (Å²) in [5.41, 5.74) is 2.17. The second kappa shape index (κ2) is 6.05. The van der Waals surface area contributed by atoms with Gasteiger partial charge in [-0.3, -0.25) is 9.59 Å². The van der Waals surface area contributed by atoms with Gasteiger partial charge >= 0.3 is 0 Å². The molecule has 3 rings (SSSR count). The van der Waals surface area contributed by atoms with Crippen molar-refractivity contribution in [3.05, 3.63) is 70.2 Å². The highest BCUT2D eigenvalue weighted by Crippen LogP contribution is 2.40. The number of nitrogens with one attached hydrogen (secondary N) is 1. The molecule has 2 aromatic carbocycles. The molecule has 118 valence electrons. The fourth-order valence-electron chi connectivity index (χ4n) is 3.06. The molecular formula is C18H17ClN2O2. The van der Waals surface area contributed by atoms with Crippen LogP contribution in [0.2, 0.25) is 5.02 Å². The van der Waals surface area contributed by atoms with Crippen LogP contribution in [0.25, 0.3) is 0 Å². The van der Waals surface area contributed by atoms with E-state index in [1.165, 1.54) is 0 Å². The average Bonchev–Trinajstić information content (AvgIpc) is 2.86. The zero-order valence-corrected chi connectivity index (χ0v) is 13.7. The van der Waals surface area contributed by atoms with Gasteiger partial charge in [0.25, 0.3) is 5.91 Å². The smallest absolute Gasteiger partial charge is 0.255 e. The van der Waals surface area contributed by atoms with Gasteiger partial charge in [-0.05, 0) is 36.2 Å². The Balaban J connectivity index is 2.09. The molecule has 0 fully saturated rings. The Hall–Kier alpha value is -2.33. The van der Waals surface area contributed by atoms with Crippen LogP contribution in [-0.4, -0.2) is 23.8 Å². The first-order chi connectivity index (χ1) is 11.0. The SMILES string of the molecule is CNC(=O)C1c2cc(Cl)ccc2C(=O)N1[C@H](C)c1ccccc1. The van der Waals surface area contributed by atoms with Crippen molar-refractivity contribution in [2.45, 2.75) is 19.0 Å². The molecule has 1 heterocycles. The Morgan fingerprint density at radius 3 is 2.57 bits per heavy atom. The zero-order chi connectivity index (χ0) is 16.6. The monoisotopic (exact) mass is 328 g/mol. The Morgan fingerprint density at radius 1 is 1.22 bits per heavy atom. The first-order valence-corrected chi connectivity index (χ1v) is 7.81. The summed E-state index contributed by atoms with van der Waals surface area (Å²) in [6.45, 7) is 1.93. The van der Waals surface area contributed by atoms with E-state index in [4.69, 9.17) is 11.6 Å². The van der Waals surface area contributed by atoms with E-state index in [2.05, 4.69) is 5.32 Å².